The quantitative estimate of drug-likeness (QED) is 0.481. The zero-order valence-corrected chi connectivity index (χ0v) is 21.6. The normalized spacial score (nSPS) is 16.4. The highest BCUT2D eigenvalue weighted by atomic mass is 19.1. The van der Waals surface area contributed by atoms with Gasteiger partial charge in [-0.05, 0) is 60.4 Å². The van der Waals surface area contributed by atoms with E-state index in [9.17, 15) is 14.0 Å². The number of halogens is 1. The fourth-order valence-corrected chi connectivity index (χ4v) is 4.78. The number of aromatic nitrogens is 1. The van der Waals surface area contributed by atoms with Crippen LogP contribution < -0.4 is 5.32 Å². The molecule has 2 aliphatic heterocycles. The van der Waals surface area contributed by atoms with Crippen molar-refractivity contribution >= 4 is 11.8 Å². The lowest BCUT2D eigenvalue weighted by molar-refractivity contribution is -0.0503. The zero-order chi connectivity index (χ0) is 27.2. The summed E-state index contributed by atoms with van der Waals surface area (Å²) < 4.78 is 18.8. The van der Waals surface area contributed by atoms with Crippen molar-refractivity contribution < 1.29 is 18.7 Å². The van der Waals surface area contributed by atoms with E-state index < -0.39 is 0 Å². The van der Waals surface area contributed by atoms with Gasteiger partial charge in [-0.15, -0.1) is 0 Å². The first-order valence-corrected chi connectivity index (χ1v) is 13.1. The number of nitrogens with zero attached hydrogens (tertiary/aromatic N) is 4. The number of rotatable bonds is 8. The van der Waals surface area contributed by atoms with Crippen LogP contribution in [0.2, 0.25) is 0 Å². The molecule has 3 aromatic rings. The van der Waals surface area contributed by atoms with E-state index in [2.05, 4.69) is 21.3 Å². The molecule has 2 fully saturated rings. The van der Waals surface area contributed by atoms with Crippen LogP contribution in [0.25, 0.3) is 0 Å². The topological polar surface area (TPSA) is 98.6 Å². The van der Waals surface area contributed by atoms with Crippen LogP contribution in [0, 0.1) is 17.1 Å². The van der Waals surface area contributed by atoms with E-state index in [1.54, 1.807) is 29.2 Å². The predicted molar refractivity (Wildman–Crippen MR) is 142 cm³/mol. The molecule has 200 valence electrons. The molecule has 0 bridgehead atoms. The number of nitriles is 1. The molecule has 0 saturated carbocycles. The summed E-state index contributed by atoms with van der Waals surface area (Å²) in [7, 11) is 0. The molecule has 0 radical (unpaired) electrons. The number of ether oxygens (including phenoxy) is 1. The zero-order valence-electron chi connectivity index (χ0n) is 21.6. The van der Waals surface area contributed by atoms with Crippen LogP contribution in [0.3, 0.4) is 0 Å². The molecule has 0 spiro atoms. The Morgan fingerprint density at radius 2 is 1.69 bits per heavy atom. The summed E-state index contributed by atoms with van der Waals surface area (Å²) in [5.74, 6) is -0.669. The number of likely N-dealkylation sites (tertiary alicyclic amines) is 2. The Labute approximate surface area is 227 Å². The van der Waals surface area contributed by atoms with Gasteiger partial charge in [0.25, 0.3) is 11.8 Å². The second-order valence-electron chi connectivity index (χ2n) is 10.0. The SMILES string of the molecule is N#Cc1ccc(CN2CCC(NC(=O)c3ccc(C(=O)N4CC(OCc5ccc(F)cc5)C4)cn3)CC2)cc1. The van der Waals surface area contributed by atoms with Gasteiger partial charge in [0.2, 0.25) is 0 Å². The van der Waals surface area contributed by atoms with Crippen LogP contribution in [0.5, 0.6) is 0 Å². The maximum absolute atomic E-state index is 13.0. The molecule has 2 saturated heterocycles. The molecule has 0 unspecified atom stereocenters. The Morgan fingerprint density at radius 3 is 2.33 bits per heavy atom. The van der Waals surface area contributed by atoms with Gasteiger partial charge in [-0.2, -0.15) is 5.26 Å². The highest BCUT2D eigenvalue weighted by Gasteiger charge is 2.32. The molecule has 2 aliphatic rings. The molecule has 0 aliphatic carbocycles. The number of piperidine rings is 1. The van der Waals surface area contributed by atoms with E-state index in [1.807, 2.05) is 24.3 Å². The second-order valence-corrected chi connectivity index (χ2v) is 10.0. The van der Waals surface area contributed by atoms with Gasteiger partial charge < -0.3 is 15.0 Å². The van der Waals surface area contributed by atoms with E-state index in [0.717, 1.165) is 38.0 Å². The van der Waals surface area contributed by atoms with E-state index in [4.69, 9.17) is 10.00 Å². The number of carbonyl (C=O) groups excluding carboxylic acids is 2. The van der Waals surface area contributed by atoms with Crippen molar-refractivity contribution in [2.45, 2.75) is 38.1 Å². The average molecular weight is 528 g/mol. The van der Waals surface area contributed by atoms with Gasteiger partial charge in [-0.25, -0.2) is 4.39 Å². The summed E-state index contributed by atoms with van der Waals surface area (Å²) in [6.45, 7) is 3.89. The third-order valence-corrected chi connectivity index (χ3v) is 7.19. The number of carbonyl (C=O) groups is 2. The number of nitrogens with one attached hydrogen (secondary N) is 1. The third-order valence-electron chi connectivity index (χ3n) is 7.19. The molecular formula is C30H30FN5O3. The van der Waals surface area contributed by atoms with Crippen molar-refractivity contribution in [2.24, 2.45) is 0 Å². The van der Waals surface area contributed by atoms with Crippen molar-refractivity contribution in [1.29, 1.82) is 5.26 Å². The van der Waals surface area contributed by atoms with E-state index in [1.165, 1.54) is 23.9 Å². The van der Waals surface area contributed by atoms with Crippen LogP contribution in [0.15, 0.2) is 66.9 Å². The minimum atomic E-state index is -0.283. The molecule has 5 rings (SSSR count). The van der Waals surface area contributed by atoms with Gasteiger partial charge in [0.1, 0.15) is 11.5 Å². The number of hydrogen-bond acceptors (Lipinski definition) is 6. The van der Waals surface area contributed by atoms with Crippen molar-refractivity contribution in [1.82, 2.24) is 20.1 Å². The molecular weight excluding hydrogens is 497 g/mol. The van der Waals surface area contributed by atoms with Gasteiger partial charge in [-0.1, -0.05) is 24.3 Å². The van der Waals surface area contributed by atoms with E-state index >= 15 is 0 Å². The fourth-order valence-electron chi connectivity index (χ4n) is 4.78. The van der Waals surface area contributed by atoms with Crippen molar-refractivity contribution in [3.63, 3.8) is 0 Å². The third kappa shape index (κ3) is 6.85. The number of hydrogen-bond donors (Lipinski definition) is 1. The predicted octanol–water partition coefficient (Wildman–Crippen LogP) is 3.53. The molecule has 1 N–H and O–H groups in total. The van der Waals surface area contributed by atoms with E-state index in [-0.39, 0.29) is 35.5 Å². The van der Waals surface area contributed by atoms with E-state index in [0.29, 0.717) is 30.8 Å². The van der Waals surface area contributed by atoms with Gasteiger partial charge in [0.05, 0.1) is 29.9 Å². The van der Waals surface area contributed by atoms with Crippen molar-refractivity contribution in [3.05, 3.63) is 101 Å². The second kappa shape index (κ2) is 12.2. The molecule has 9 heteroatoms. The van der Waals surface area contributed by atoms with Crippen molar-refractivity contribution in [3.8, 4) is 6.07 Å². The first-order chi connectivity index (χ1) is 19.0. The first-order valence-electron chi connectivity index (χ1n) is 13.1. The van der Waals surface area contributed by atoms with Gasteiger partial charge in [0.15, 0.2) is 0 Å². The molecule has 0 atom stereocenters. The summed E-state index contributed by atoms with van der Waals surface area (Å²) in [5.41, 5.74) is 3.43. The van der Waals surface area contributed by atoms with Crippen LogP contribution in [-0.4, -0.2) is 64.9 Å². The Morgan fingerprint density at radius 1 is 1.00 bits per heavy atom. The molecule has 3 heterocycles. The number of amides is 2. The molecule has 8 nitrogen and oxygen atoms in total. The van der Waals surface area contributed by atoms with Gasteiger partial charge >= 0.3 is 0 Å². The lowest BCUT2D eigenvalue weighted by Crippen LogP contribution is -2.54. The monoisotopic (exact) mass is 527 g/mol. The standard InChI is InChI=1S/C30H30FN5O3/c31-25-8-5-23(6-9-25)20-39-27-18-36(19-27)30(38)24-7-10-28(33-16-24)29(37)34-26-11-13-35(14-12-26)17-22-3-1-21(15-32)2-4-22/h1-10,16,26-27H,11-14,17-20H2,(H,34,37). The Bertz CT molecular complexity index is 1330. The Hall–Kier alpha value is -4.13. The molecule has 1 aromatic heterocycles. The number of benzene rings is 2. The summed E-state index contributed by atoms with van der Waals surface area (Å²) in [5, 5.41) is 12.0. The van der Waals surface area contributed by atoms with Gasteiger partial charge in [0, 0.05) is 45.0 Å². The minimum absolute atomic E-state index is 0.0625. The largest absolute Gasteiger partial charge is 0.370 e. The number of pyridine rings is 1. The van der Waals surface area contributed by atoms with Crippen LogP contribution in [0.4, 0.5) is 4.39 Å². The molecule has 39 heavy (non-hydrogen) atoms. The minimum Gasteiger partial charge on any atom is -0.370 e. The summed E-state index contributed by atoms with van der Waals surface area (Å²) >= 11 is 0. The lowest BCUT2D eigenvalue weighted by Gasteiger charge is -2.38. The Balaban J connectivity index is 1.03. The van der Waals surface area contributed by atoms with Crippen molar-refractivity contribution in [2.75, 3.05) is 26.2 Å². The highest BCUT2D eigenvalue weighted by molar-refractivity contribution is 5.96. The fraction of sp³-hybridized carbons (Fsp3) is 0.333. The van der Waals surface area contributed by atoms with Crippen LogP contribution in [-0.2, 0) is 17.9 Å². The smallest absolute Gasteiger partial charge is 0.270 e. The molecule has 2 aromatic carbocycles. The maximum Gasteiger partial charge on any atom is 0.270 e. The average Bonchev–Trinajstić information content (AvgIpc) is 2.94. The lowest BCUT2D eigenvalue weighted by atomic mass is 10.0. The maximum atomic E-state index is 13.0. The summed E-state index contributed by atoms with van der Waals surface area (Å²) in [4.78, 5) is 33.7. The Kier molecular flexibility index (Phi) is 8.25. The molecule has 2 amide bonds. The first kappa shape index (κ1) is 26.5. The summed E-state index contributed by atoms with van der Waals surface area (Å²) in [6, 6.07) is 19.2. The highest BCUT2D eigenvalue weighted by Crippen LogP contribution is 2.18. The van der Waals surface area contributed by atoms with Crippen LogP contribution in [0.1, 0.15) is 50.4 Å². The summed E-state index contributed by atoms with van der Waals surface area (Å²) in [6.07, 6.45) is 3.08. The van der Waals surface area contributed by atoms with Gasteiger partial charge in [-0.3, -0.25) is 19.5 Å². The van der Waals surface area contributed by atoms with Crippen LogP contribution >= 0.6 is 0 Å².